The van der Waals surface area contributed by atoms with E-state index in [1.54, 1.807) is 11.1 Å². The highest BCUT2D eigenvalue weighted by Gasteiger charge is 2.55. The van der Waals surface area contributed by atoms with Gasteiger partial charge in [-0.1, -0.05) is 63.0 Å². The molecule has 3 aliphatic rings. The standard InChI is InChI=1S/C27H39NO/c1-18(2)20-9-13-23-21(17-20)10-14-24-26(23,4)15-6-16-27(24,5)25(29)28-22-11-7-19(3)8-12-22/h7-8,11-12,18,20,24H,6,9-10,13-17H2,1-5H3,(H,28,29)/t20?,24?,26?,27-/m1/s1. The van der Waals surface area contributed by atoms with Crippen LogP contribution >= 0.6 is 0 Å². The predicted molar refractivity (Wildman–Crippen MR) is 122 cm³/mol. The predicted octanol–water partition coefficient (Wildman–Crippen LogP) is 7.29. The van der Waals surface area contributed by atoms with E-state index in [-0.39, 0.29) is 16.7 Å². The third-order valence-electron chi connectivity index (χ3n) is 8.83. The Morgan fingerprint density at radius 1 is 1.07 bits per heavy atom. The Morgan fingerprint density at radius 2 is 1.79 bits per heavy atom. The molecule has 1 amide bonds. The van der Waals surface area contributed by atoms with Crippen LogP contribution in [-0.2, 0) is 4.79 Å². The van der Waals surface area contributed by atoms with Crippen molar-refractivity contribution >= 4 is 11.6 Å². The van der Waals surface area contributed by atoms with Crippen molar-refractivity contribution in [3.63, 3.8) is 0 Å². The number of fused-ring (bicyclic) bond motifs is 2. The molecule has 158 valence electrons. The fourth-order valence-corrected chi connectivity index (χ4v) is 6.93. The maximum absolute atomic E-state index is 13.5. The van der Waals surface area contributed by atoms with Gasteiger partial charge in [-0.25, -0.2) is 0 Å². The van der Waals surface area contributed by atoms with Crippen molar-refractivity contribution in [1.82, 2.24) is 0 Å². The summed E-state index contributed by atoms with van der Waals surface area (Å²) in [6.45, 7) is 11.6. The van der Waals surface area contributed by atoms with Gasteiger partial charge in [0.15, 0.2) is 0 Å². The summed E-state index contributed by atoms with van der Waals surface area (Å²) in [5.41, 5.74) is 5.61. The number of nitrogens with one attached hydrogen (secondary N) is 1. The topological polar surface area (TPSA) is 29.1 Å². The number of hydrogen-bond acceptors (Lipinski definition) is 1. The molecule has 0 saturated heterocycles. The van der Waals surface area contributed by atoms with Gasteiger partial charge in [-0.2, -0.15) is 0 Å². The maximum Gasteiger partial charge on any atom is 0.230 e. The number of carbonyl (C=O) groups excluding carboxylic acids is 1. The fourth-order valence-electron chi connectivity index (χ4n) is 6.93. The maximum atomic E-state index is 13.5. The molecule has 0 spiro atoms. The van der Waals surface area contributed by atoms with Crippen LogP contribution in [0.4, 0.5) is 5.69 Å². The minimum atomic E-state index is -0.273. The van der Waals surface area contributed by atoms with E-state index < -0.39 is 0 Å². The summed E-state index contributed by atoms with van der Waals surface area (Å²) < 4.78 is 0. The van der Waals surface area contributed by atoms with E-state index in [9.17, 15) is 4.79 Å². The molecule has 0 radical (unpaired) electrons. The number of rotatable bonds is 3. The van der Waals surface area contributed by atoms with Crippen molar-refractivity contribution in [2.75, 3.05) is 5.32 Å². The molecule has 0 heterocycles. The van der Waals surface area contributed by atoms with Crippen LogP contribution in [0.1, 0.15) is 84.6 Å². The lowest BCUT2D eigenvalue weighted by Crippen LogP contribution is -2.52. The van der Waals surface area contributed by atoms with Gasteiger partial charge in [-0.05, 0) is 87.2 Å². The van der Waals surface area contributed by atoms with Crippen molar-refractivity contribution < 1.29 is 4.79 Å². The first-order valence-corrected chi connectivity index (χ1v) is 11.8. The minimum absolute atomic E-state index is 0.215. The molecule has 2 nitrogen and oxygen atoms in total. The number of hydrogen-bond donors (Lipinski definition) is 1. The number of carbonyl (C=O) groups is 1. The number of amides is 1. The second-order valence-corrected chi connectivity index (χ2v) is 10.9. The van der Waals surface area contributed by atoms with Gasteiger partial charge in [0.2, 0.25) is 5.91 Å². The molecular formula is C27H39NO. The summed E-state index contributed by atoms with van der Waals surface area (Å²) in [5, 5.41) is 3.27. The van der Waals surface area contributed by atoms with Crippen LogP contribution in [0.3, 0.4) is 0 Å². The molecule has 2 heteroatoms. The zero-order valence-corrected chi connectivity index (χ0v) is 19.1. The second kappa shape index (κ2) is 7.60. The van der Waals surface area contributed by atoms with Crippen molar-refractivity contribution in [1.29, 1.82) is 0 Å². The van der Waals surface area contributed by atoms with Crippen molar-refractivity contribution in [3.8, 4) is 0 Å². The molecule has 1 aromatic carbocycles. The van der Waals surface area contributed by atoms with Crippen LogP contribution in [0.25, 0.3) is 0 Å². The third kappa shape index (κ3) is 3.57. The van der Waals surface area contributed by atoms with E-state index in [2.05, 4.69) is 52.1 Å². The quantitative estimate of drug-likeness (QED) is 0.537. The lowest BCUT2D eigenvalue weighted by Gasteiger charge is -2.56. The Bertz CT molecular complexity index is 804. The summed E-state index contributed by atoms with van der Waals surface area (Å²) in [7, 11) is 0. The molecule has 1 N–H and O–H groups in total. The molecule has 4 rings (SSSR count). The molecular weight excluding hydrogens is 354 g/mol. The van der Waals surface area contributed by atoms with Crippen molar-refractivity contribution in [2.24, 2.45) is 28.6 Å². The summed E-state index contributed by atoms with van der Waals surface area (Å²) in [6.07, 6.45) is 9.74. The Morgan fingerprint density at radius 3 is 2.48 bits per heavy atom. The monoisotopic (exact) mass is 393 g/mol. The molecule has 0 aliphatic heterocycles. The summed E-state index contributed by atoms with van der Waals surface area (Å²) in [6, 6.07) is 8.22. The van der Waals surface area contributed by atoms with E-state index in [1.165, 1.54) is 44.1 Å². The van der Waals surface area contributed by atoms with Gasteiger partial charge in [-0.15, -0.1) is 0 Å². The third-order valence-corrected chi connectivity index (χ3v) is 8.83. The van der Waals surface area contributed by atoms with Gasteiger partial charge < -0.3 is 5.32 Å². The average molecular weight is 394 g/mol. The van der Waals surface area contributed by atoms with Crippen LogP contribution in [0.5, 0.6) is 0 Å². The van der Waals surface area contributed by atoms with Crippen LogP contribution in [0.15, 0.2) is 35.4 Å². The number of aryl methyl sites for hydroxylation is 1. The van der Waals surface area contributed by atoms with Crippen molar-refractivity contribution in [3.05, 3.63) is 41.0 Å². The van der Waals surface area contributed by atoms with E-state index in [4.69, 9.17) is 0 Å². The first-order chi connectivity index (χ1) is 13.7. The van der Waals surface area contributed by atoms with E-state index in [0.29, 0.717) is 5.92 Å². The number of benzene rings is 1. The largest absolute Gasteiger partial charge is 0.326 e. The Hall–Kier alpha value is -1.57. The molecule has 4 atom stereocenters. The second-order valence-electron chi connectivity index (χ2n) is 10.9. The zero-order valence-electron chi connectivity index (χ0n) is 19.1. The smallest absolute Gasteiger partial charge is 0.230 e. The zero-order chi connectivity index (χ0) is 20.8. The molecule has 3 aliphatic carbocycles. The van der Waals surface area contributed by atoms with E-state index in [0.717, 1.165) is 30.4 Å². The van der Waals surface area contributed by atoms with Crippen molar-refractivity contribution in [2.45, 2.75) is 86.0 Å². The van der Waals surface area contributed by atoms with Gasteiger partial charge in [0, 0.05) is 5.69 Å². The highest BCUT2D eigenvalue weighted by molar-refractivity contribution is 5.95. The van der Waals surface area contributed by atoms with Gasteiger partial charge in [0.1, 0.15) is 0 Å². The minimum Gasteiger partial charge on any atom is -0.326 e. The normalized spacial score (nSPS) is 34.6. The van der Waals surface area contributed by atoms with Gasteiger partial charge in [-0.3, -0.25) is 4.79 Å². The Balaban J connectivity index is 1.60. The van der Waals surface area contributed by atoms with Crippen LogP contribution in [0.2, 0.25) is 0 Å². The lowest BCUT2D eigenvalue weighted by molar-refractivity contribution is -0.135. The SMILES string of the molecule is Cc1ccc(NC(=O)[C@]2(C)CCCC3(C)C4=C(CCC32)CC(C(C)C)CC4)cc1. The van der Waals surface area contributed by atoms with Crippen LogP contribution in [0, 0.1) is 35.5 Å². The average Bonchev–Trinajstić information content (AvgIpc) is 2.69. The van der Waals surface area contributed by atoms with Gasteiger partial charge in [0.25, 0.3) is 0 Å². The first-order valence-electron chi connectivity index (χ1n) is 11.8. The highest BCUT2D eigenvalue weighted by Crippen LogP contribution is 2.62. The molecule has 3 unspecified atom stereocenters. The Kier molecular flexibility index (Phi) is 5.42. The number of anilines is 1. The molecule has 29 heavy (non-hydrogen) atoms. The lowest BCUT2D eigenvalue weighted by atomic mass is 9.48. The highest BCUT2D eigenvalue weighted by atomic mass is 16.2. The molecule has 1 saturated carbocycles. The Labute approximate surface area is 177 Å². The van der Waals surface area contributed by atoms with Crippen LogP contribution < -0.4 is 5.32 Å². The van der Waals surface area contributed by atoms with Gasteiger partial charge in [0.05, 0.1) is 5.41 Å². The van der Waals surface area contributed by atoms with E-state index >= 15 is 0 Å². The molecule has 0 aromatic heterocycles. The van der Waals surface area contributed by atoms with E-state index in [1.807, 2.05) is 12.1 Å². The molecule has 1 aromatic rings. The molecule has 1 fully saturated rings. The fraction of sp³-hybridized carbons (Fsp3) is 0.667. The summed E-state index contributed by atoms with van der Waals surface area (Å²) in [5.74, 6) is 2.33. The molecule has 0 bridgehead atoms. The van der Waals surface area contributed by atoms with Crippen LogP contribution in [-0.4, -0.2) is 5.91 Å². The summed E-state index contributed by atoms with van der Waals surface area (Å²) in [4.78, 5) is 13.5. The number of allylic oxidation sites excluding steroid dienone is 2. The first kappa shape index (κ1) is 20.7. The van der Waals surface area contributed by atoms with Gasteiger partial charge >= 0.3 is 0 Å². The summed E-state index contributed by atoms with van der Waals surface area (Å²) >= 11 is 0.